The summed E-state index contributed by atoms with van der Waals surface area (Å²) >= 11 is 12.4. The Bertz CT molecular complexity index is 2130. The molecule has 0 saturated carbocycles. The largest absolute Gasteiger partial charge is 0.386 e. The zero-order chi connectivity index (χ0) is 37.1. The van der Waals surface area contributed by atoms with E-state index in [0.717, 1.165) is 17.7 Å². The molecule has 3 aliphatic heterocycles. The van der Waals surface area contributed by atoms with Crippen molar-refractivity contribution in [1.29, 1.82) is 0 Å². The Morgan fingerprint density at radius 2 is 1.55 bits per heavy atom. The van der Waals surface area contributed by atoms with Gasteiger partial charge in [-0.2, -0.15) is 0 Å². The van der Waals surface area contributed by atoms with Gasteiger partial charge in [0.05, 0.1) is 34.1 Å². The van der Waals surface area contributed by atoms with Crippen molar-refractivity contribution in [3.8, 4) is 0 Å². The van der Waals surface area contributed by atoms with E-state index in [1.54, 1.807) is 36.4 Å². The zero-order valence-corrected chi connectivity index (χ0v) is 30.0. The summed E-state index contributed by atoms with van der Waals surface area (Å²) < 4.78 is 24.1. The van der Waals surface area contributed by atoms with Crippen LogP contribution in [-0.4, -0.2) is 62.9 Å². The predicted molar refractivity (Wildman–Crippen MR) is 195 cm³/mol. The first-order valence-electron chi connectivity index (χ1n) is 17.7. The quantitative estimate of drug-likeness (QED) is 0.148. The molecule has 11 nitrogen and oxygen atoms in total. The van der Waals surface area contributed by atoms with Gasteiger partial charge in [0.2, 0.25) is 0 Å². The van der Waals surface area contributed by atoms with Gasteiger partial charge < -0.3 is 24.7 Å². The molecule has 9 rings (SSSR count). The van der Waals surface area contributed by atoms with Crippen LogP contribution in [0.2, 0.25) is 10.0 Å². The number of halogens is 3. The number of rotatable bonds is 6. The molecule has 2 unspecified atom stereocenters. The molecule has 2 N–H and O–H groups in total. The fraction of sp³-hybridized carbons (Fsp3) is 0.385. The first kappa shape index (κ1) is 34.6. The lowest BCUT2D eigenvalue weighted by atomic mass is 9.50. The number of anilines is 1. The van der Waals surface area contributed by atoms with Gasteiger partial charge in [0.1, 0.15) is 27.6 Å². The summed E-state index contributed by atoms with van der Waals surface area (Å²) in [6.45, 7) is 0.763. The molecule has 3 fully saturated rings. The SMILES string of the molecule is CN1CC[C@]23C4=C5C=CC(O)C4(c4ccc(N6[C@@H](c7ccc(Cl)c([N+](=O)[O-])c7)CC[C@@H]6c6ccc(Cl)c([N+](=O)[O-])c6)cc4F)O[C@H]2[C@@H](O)C=C[C@H]3[C@H]1C5. The van der Waals surface area contributed by atoms with E-state index in [2.05, 4.69) is 18.0 Å². The molecule has 9 atom stereocenters. The molecule has 3 heterocycles. The van der Waals surface area contributed by atoms with Crippen LogP contribution in [0.15, 0.2) is 90.0 Å². The molecule has 6 aliphatic rings. The van der Waals surface area contributed by atoms with Gasteiger partial charge in [-0.1, -0.05) is 65.7 Å². The minimum absolute atomic E-state index is 0.00860. The first-order chi connectivity index (χ1) is 25.4. The van der Waals surface area contributed by atoms with E-state index in [0.29, 0.717) is 42.5 Å². The van der Waals surface area contributed by atoms with Gasteiger partial charge in [0, 0.05) is 40.8 Å². The molecule has 3 aliphatic carbocycles. The van der Waals surface area contributed by atoms with Gasteiger partial charge in [0.25, 0.3) is 11.4 Å². The van der Waals surface area contributed by atoms with E-state index < -0.39 is 57.1 Å². The molecular formula is C39H35Cl2FN4O7. The molecule has 14 heteroatoms. The molecule has 274 valence electrons. The lowest BCUT2D eigenvalue weighted by Crippen LogP contribution is -2.62. The Morgan fingerprint density at radius 1 is 0.906 bits per heavy atom. The molecule has 0 amide bonds. The van der Waals surface area contributed by atoms with Crippen LogP contribution in [-0.2, 0) is 10.3 Å². The van der Waals surface area contributed by atoms with Crippen LogP contribution in [0.5, 0.6) is 0 Å². The average Bonchev–Trinajstić information content (AvgIpc) is 3.71. The molecule has 1 spiro atoms. The van der Waals surface area contributed by atoms with Crippen molar-refractivity contribution < 1.29 is 29.2 Å². The maximum Gasteiger partial charge on any atom is 0.288 e. The Kier molecular flexibility index (Phi) is 7.94. The Hall–Kier alpha value is -4.17. The number of nitro groups is 2. The number of benzene rings is 3. The molecule has 3 saturated heterocycles. The van der Waals surface area contributed by atoms with Crippen molar-refractivity contribution in [2.45, 2.75) is 67.7 Å². The van der Waals surface area contributed by atoms with E-state index in [1.807, 2.05) is 11.0 Å². The second kappa shape index (κ2) is 12.2. The number of nitro benzene ring substituents is 2. The summed E-state index contributed by atoms with van der Waals surface area (Å²) in [6, 6.07) is 13.1. The number of hydrogen-bond donors (Lipinski definition) is 2. The first-order valence-corrected chi connectivity index (χ1v) is 18.4. The monoisotopic (exact) mass is 760 g/mol. The summed E-state index contributed by atoms with van der Waals surface area (Å²) in [5.41, 5.74) is 0.810. The van der Waals surface area contributed by atoms with E-state index in [4.69, 9.17) is 27.9 Å². The topological polar surface area (TPSA) is 142 Å². The summed E-state index contributed by atoms with van der Waals surface area (Å²) in [6.07, 6.45) is 6.90. The second-order valence-electron chi connectivity index (χ2n) is 15.0. The second-order valence-corrected chi connectivity index (χ2v) is 15.9. The Morgan fingerprint density at radius 3 is 2.15 bits per heavy atom. The Balaban J connectivity index is 1.19. The van der Waals surface area contributed by atoms with Gasteiger partial charge in [-0.15, -0.1) is 0 Å². The molecule has 53 heavy (non-hydrogen) atoms. The van der Waals surface area contributed by atoms with Crippen molar-refractivity contribution in [1.82, 2.24) is 4.90 Å². The lowest BCUT2D eigenvalue weighted by molar-refractivity contribution is -0.384. The number of allylic oxidation sites excluding steroid dienone is 1. The van der Waals surface area contributed by atoms with Crippen LogP contribution in [0.1, 0.15) is 54.5 Å². The highest BCUT2D eigenvalue weighted by Gasteiger charge is 2.72. The Labute approximate surface area is 313 Å². The van der Waals surface area contributed by atoms with Crippen molar-refractivity contribution in [2.75, 3.05) is 18.5 Å². The van der Waals surface area contributed by atoms with Crippen LogP contribution >= 0.6 is 23.2 Å². The number of piperidine rings is 1. The summed E-state index contributed by atoms with van der Waals surface area (Å²) in [7, 11) is 2.10. The van der Waals surface area contributed by atoms with Crippen LogP contribution in [0.25, 0.3) is 0 Å². The van der Waals surface area contributed by atoms with Crippen molar-refractivity contribution in [3.05, 3.63) is 143 Å². The molecule has 3 aromatic rings. The van der Waals surface area contributed by atoms with Gasteiger partial charge in [-0.3, -0.25) is 20.2 Å². The lowest BCUT2D eigenvalue weighted by Gasteiger charge is -2.58. The predicted octanol–water partition coefficient (Wildman–Crippen LogP) is 7.49. The molecular weight excluding hydrogens is 726 g/mol. The maximum absolute atomic E-state index is 17.2. The third kappa shape index (κ3) is 4.79. The number of ether oxygens (including phenoxy) is 1. The average molecular weight is 762 g/mol. The highest BCUT2D eigenvalue weighted by atomic mass is 35.5. The summed E-state index contributed by atoms with van der Waals surface area (Å²) in [5, 5.41) is 47.0. The molecule has 3 aromatic carbocycles. The van der Waals surface area contributed by atoms with Crippen LogP contribution in [0.3, 0.4) is 0 Å². The summed E-state index contributed by atoms with van der Waals surface area (Å²) in [5.74, 6) is -0.629. The van der Waals surface area contributed by atoms with Crippen LogP contribution in [0, 0.1) is 37.4 Å². The van der Waals surface area contributed by atoms with E-state index in [1.165, 1.54) is 30.3 Å². The normalized spacial score (nSPS) is 34.1. The van der Waals surface area contributed by atoms with Crippen molar-refractivity contribution in [3.63, 3.8) is 0 Å². The fourth-order valence-electron chi connectivity index (χ4n) is 10.6. The van der Waals surface area contributed by atoms with Crippen LogP contribution in [0.4, 0.5) is 21.5 Å². The van der Waals surface area contributed by atoms with Gasteiger partial charge >= 0.3 is 0 Å². The van der Waals surface area contributed by atoms with E-state index in [-0.39, 0.29) is 38.9 Å². The number of aliphatic hydroxyl groups is 2. The molecule has 0 aromatic heterocycles. The molecule has 0 radical (unpaired) electrons. The minimum atomic E-state index is -1.58. The molecule has 2 bridgehead atoms. The number of likely N-dealkylation sites (tertiary alicyclic amines) is 1. The van der Waals surface area contributed by atoms with Crippen LogP contribution < -0.4 is 4.90 Å². The minimum Gasteiger partial charge on any atom is -0.386 e. The van der Waals surface area contributed by atoms with Crippen molar-refractivity contribution >= 4 is 40.3 Å². The van der Waals surface area contributed by atoms with Crippen molar-refractivity contribution in [2.24, 2.45) is 11.3 Å². The van der Waals surface area contributed by atoms with E-state index in [9.17, 15) is 30.4 Å². The van der Waals surface area contributed by atoms with E-state index >= 15 is 4.39 Å². The zero-order valence-electron chi connectivity index (χ0n) is 28.4. The third-order valence-corrected chi connectivity index (χ3v) is 13.4. The highest BCUT2D eigenvalue weighted by molar-refractivity contribution is 6.33. The third-order valence-electron chi connectivity index (χ3n) is 12.7. The maximum atomic E-state index is 17.2. The smallest absolute Gasteiger partial charge is 0.288 e. The summed E-state index contributed by atoms with van der Waals surface area (Å²) in [4.78, 5) is 26.9. The number of nitrogens with zero attached hydrogens (tertiary/aromatic N) is 4. The fourth-order valence-corrected chi connectivity index (χ4v) is 10.9. The standard InChI is InChI=1S/C39H35Cl2FN4O7/c1-43-15-14-38-25-7-12-34(47)37(38)53-39(35(48)13-4-22(36(38)39)18-31(25)43)24-6-5-23(19-28(24)42)44-29(20-2-8-26(40)32(16-20)45(49)50)10-11-30(44)21-3-9-27(41)33(17-21)46(51)52/h2-9,12-13,16-17,19,25,29-31,34-35,37,47-48H,10-11,14-15,18H2,1H3/t25-,29+,30+,31+,34-,35?,37-,38-,39?/m0/s1. The number of hydrogen-bond acceptors (Lipinski definition) is 9. The number of aliphatic hydroxyl groups excluding tert-OH is 2. The van der Waals surface area contributed by atoms with Gasteiger partial charge in [0.15, 0.2) is 0 Å². The highest BCUT2D eigenvalue weighted by Crippen LogP contribution is 2.69. The van der Waals surface area contributed by atoms with Gasteiger partial charge in [-0.05, 0) is 85.8 Å². The van der Waals surface area contributed by atoms with Gasteiger partial charge in [-0.25, -0.2) is 4.39 Å².